The first kappa shape index (κ1) is 13.7. The zero-order valence-electron chi connectivity index (χ0n) is 10.0. The highest BCUT2D eigenvalue weighted by molar-refractivity contribution is 5.50. The van der Waals surface area contributed by atoms with Crippen LogP contribution in [-0.4, -0.2) is 13.1 Å². The molecule has 0 aromatic heterocycles. The first-order chi connectivity index (χ1) is 8.91. The van der Waals surface area contributed by atoms with E-state index in [9.17, 15) is 17.6 Å². The van der Waals surface area contributed by atoms with Crippen LogP contribution >= 0.6 is 0 Å². The van der Waals surface area contributed by atoms with E-state index in [1.165, 1.54) is 6.07 Å². The molecule has 0 aliphatic carbocycles. The Morgan fingerprint density at radius 2 is 1.84 bits per heavy atom. The molecule has 0 radical (unpaired) electrons. The number of alkyl halides is 3. The fraction of sp³-hybridized carbons (Fsp3) is 0.462. The minimum Gasteiger partial charge on any atom is -0.371 e. The van der Waals surface area contributed by atoms with E-state index >= 15 is 0 Å². The van der Waals surface area contributed by atoms with Gasteiger partial charge >= 0.3 is 6.18 Å². The number of benzene rings is 1. The predicted molar refractivity (Wildman–Crippen MR) is 62.0 cm³/mol. The molecule has 0 bridgehead atoms. The summed E-state index contributed by atoms with van der Waals surface area (Å²) >= 11 is 0. The van der Waals surface area contributed by atoms with Crippen LogP contribution in [0.25, 0.3) is 0 Å². The van der Waals surface area contributed by atoms with Gasteiger partial charge in [-0.3, -0.25) is 0 Å². The van der Waals surface area contributed by atoms with Gasteiger partial charge in [0.05, 0.1) is 11.6 Å². The second kappa shape index (κ2) is 5.08. The summed E-state index contributed by atoms with van der Waals surface area (Å²) in [6.07, 6.45) is -3.45. The number of anilines is 1. The van der Waals surface area contributed by atoms with E-state index < -0.39 is 17.6 Å². The summed E-state index contributed by atoms with van der Waals surface area (Å²) in [4.78, 5) is 1.75. The third-order valence-electron chi connectivity index (χ3n) is 3.30. The van der Waals surface area contributed by atoms with Crippen molar-refractivity contribution in [3.63, 3.8) is 0 Å². The lowest BCUT2D eigenvalue weighted by Gasteiger charge is -2.31. The quantitative estimate of drug-likeness (QED) is 0.730. The zero-order chi connectivity index (χ0) is 14.0. The summed E-state index contributed by atoms with van der Waals surface area (Å²) in [6.45, 7) is 1.03. The average molecular weight is 272 g/mol. The molecule has 1 heterocycles. The third-order valence-corrected chi connectivity index (χ3v) is 3.30. The largest absolute Gasteiger partial charge is 0.419 e. The van der Waals surface area contributed by atoms with Gasteiger partial charge in [0.2, 0.25) is 0 Å². The maximum Gasteiger partial charge on any atom is 0.419 e. The number of hydrogen-bond donors (Lipinski definition) is 0. The number of hydrogen-bond acceptors (Lipinski definition) is 2. The molecule has 1 aromatic carbocycles. The average Bonchev–Trinajstić information content (AvgIpc) is 2.38. The van der Waals surface area contributed by atoms with Gasteiger partial charge < -0.3 is 4.90 Å². The van der Waals surface area contributed by atoms with Gasteiger partial charge in [0, 0.05) is 24.7 Å². The zero-order valence-corrected chi connectivity index (χ0v) is 10.0. The maximum atomic E-state index is 13.2. The molecular formula is C13H12F4N2. The van der Waals surface area contributed by atoms with Crippen LogP contribution in [0, 0.1) is 23.1 Å². The Bertz CT molecular complexity index is 496. The maximum absolute atomic E-state index is 13.2. The van der Waals surface area contributed by atoms with Crippen LogP contribution < -0.4 is 4.90 Å². The number of piperidine rings is 1. The molecule has 1 aliphatic heterocycles. The predicted octanol–water partition coefficient (Wildman–Crippen LogP) is 3.58. The van der Waals surface area contributed by atoms with Crippen LogP contribution in [0.5, 0.6) is 0 Å². The third kappa shape index (κ3) is 2.98. The number of nitriles is 1. The Balaban J connectivity index is 2.21. The van der Waals surface area contributed by atoms with Crippen molar-refractivity contribution in [2.24, 2.45) is 5.92 Å². The molecule has 0 spiro atoms. The van der Waals surface area contributed by atoms with Gasteiger partial charge in [-0.05, 0) is 31.0 Å². The number of nitrogens with zero attached hydrogens (tertiary/aromatic N) is 2. The van der Waals surface area contributed by atoms with Crippen LogP contribution in [0.2, 0.25) is 0 Å². The fourth-order valence-corrected chi connectivity index (χ4v) is 2.19. The highest BCUT2D eigenvalue weighted by Gasteiger charge is 2.34. The van der Waals surface area contributed by atoms with E-state index in [0.29, 0.717) is 31.6 Å². The van der Waals surface area contributed by atoms with Crippen LogP contribution in [0.3, 0.4) is 0 Å². The summed E-state index contributed by atoms with van der Waals surface area (Å²) < 4.78 is 51.0. The summed E-state index contributed by atoms with van der Waals surface area (Å²) in [5, 5.41) is 8.77. The van der Waals surface area contributed by atoms with Crippen molar-refractivity contribution in [1.82, 2.24) is 0 Å². The molecule has 1 aromatic rings. The molecule has 102 valence electrons. The molecule has 2 nitrogen and oxygen atoms in total. The molecule has 0 unspecified atom stereocenters. The summed E-state index contributed by atoms with van der Waals surface area (Å²) in [6, 6.07) is 5.18. The van der Waals surface area contributed by atoms with Gasteiger partial charge in [0.1, 0.15) is 5.82 Å². The number of rotatable bonds is 1. The van der Waals surface area contributed by atoms with Crippen molar-refractivity contribution in [1.29, 1.82) is 5.26 Å². The topological polar surface area (TPSA) is 27.0 Å². The number of halogens is 4. The lowest BCUT2D eigenvalue weighted by molar-refractivity contribution is -0.139. The standard InChI is InChI=1S/C13H12F4N2/c14-12-2-1-10(7-11(12)13(15,16)17)19-5-3-9(8-18)4-6-19/h1-2,7,9H,3-6H2. The minimum atomic E-state index is -4.69. The van der Waals surface area contributed by atoms with Crippen LogP contribution in [0.1, 0.15) is 18.4 Å². The van der Waals surface area contributed by atoms with Crippen molar-refractivity contribution in [2.45, 2.75) is 19.0 Å². The van der Waals surface area contributed by atoms with Gasteiger partial charge in [-0.1, -0.05) is 0 Å². The van der Waals surface area contributed by atoms with Crippen LogP contribution in [-0.2, 0) is 6.18 Å². The molecule has 6 heteroatoms. The Hall–Kier alpha value is -1.77. The monoisotopic (exact) mass is 272 g/mol. The SMILES string of the molecule is N#CC1CCN(c2ccc(F)c(C(F)(F)F)c2)CC1. The normalized spacial score (nSPS) is 17.3. The van der Waals surface area contributed by atoms with E-state index in [2.05, 4.69) is 6.07 Å². The molecule has 1 aliphatic rings. The smallest absolute Gasteiger partial charge is 0.371 e. The molecule has 1 fully saturated rings. The second-order valence-corrected chi connectivity index (χ2v) is 4.55. The Morgan fingerprint density at radius 3 is 2.37 bits per heavy atom. The van der Waals surface area contributed by atoms with E-state index in [-0.39, 0.29) is 5.92 Å². The van der Waals surface area contributed by atoms with Gasteiger partial charge in [0.15, 0.2) is 0 Å². The van der Waals surface area contributed by atoms with Crippen molar-refractivity contribution < 1.29 is 17.6 Å². The summed E-state index contributed by atoms with van der Waals surface area (Å²) in [5.41, 5.74) is -0.891. The van der Waals surface area contributed by atoms with Gasteiger partial charge in [-0.25, -0.2) is 4.39 Å². The lowest BCUT2D eigenvalue weighted by Crippen LogP contribution is -2.33. The molecule has 0 atom stereocenters. The van der Waals surface area contributed by atoms with Crippen molar-refractivity contribution in [3.8, 4) is 6.07 Å². The second-order valence-electron chi connectivity index (χ2n) is 4.55. The highest BCUT2D eigenvalue weighted by Crippen LogP contribution is 2.34. The van der Waals surface area contributed by atoms with Gasteiger partial charge in [-0.15, -0.1) is 0 Å². The van der Waals surface area contributed by atoms with E-state index in [1.54, 1.807) is 4.90 Å². The van der Waals surface area contributed by atoms with Crippen LogP contribution in [0.4, 0.5) is 23.2 Å². The fourth-order valence-electron chi connectivity index (χ4n) is 2.19. The minimum absolute atomic E-state index is 0.0428. The van der Waals surface area contributed by atoms with Crippen molar-refractivity contribution in [3.05, 3.63) is 29.6 Å². The Labute approximate surface area is 108 Å². The molecule has 19 heavy (non-hydrogen) atoms. The molecule has 1 saturated heterocycles. The lowest BCUT2D eigenvalue weighted by atomic mass is 9.98. The summed E-state index contributed by atoms with van der Waals surface area (Å²) in [7, 11) is 0. The molecule has 2 rings (SSSR count). The summed E-state index contributed by atoms with van der Waals surface area (Å²) in [5.74, 6) is -1.30. The molecule has 0 saturated carbocycles. The van der Waals surface area contributed by atoms with E-state index in [1.807, 2.05) is 0 Å². The van der Waals surface area contributed by atoms with E-state index in [4.69, 9.17) is 5.26 Å². The van der Waals surface area contributed by atoms with Gasteiger partial charge in [-0.2, -0.15) is 18.4 Å². The van der Waals surface area contributed by atoms with Crippen molar-refractivity contribution in [2.75, 3.05) is 18.0 Å². The van der Waals surface area contributed by atoms with Crippen LogP contribution in [0.15, 0.2) is 18.2 Å². The van der Waals surface area contributed by atoms with Crippen molar-refractivity contribution >= 4 is 5.69 Å². The first-order valence-electron chi connectivity index (χ1n) is 5.93. The van der Waals surface area contributed by atoms with E-state index in [0.717, 1.165) is 12.1 Å². The molecule has 0 amide bonds. The highest BCUT2D eigenvalue weighted by atomic mass is 19.4. The van der Waals surface area contributed by atoms with Gasteiger partial charge in [0.25, 0.3) is 0 Å². The molecular weight excluding hydrogens is 260 g/mol. The Kier molecular flexibility index (Phi) is 3.65. The Morgan fingerprint density at radius 1 is 1.21 bits per heavy atom. The first-order valence-corrected chi connectivity index (χ1v) is 5.93. The molecule has 0 N–H and O–H groups in total.